The topological polar surface area (TPSA) is 78.1 Å². The molecule has 0 bridgehead atoms. The van der Waals surface area contributed by atoms with Crippen LogP contribution in [0.25, 0.3) is 11.3 Å². The number of rotatable bonds is 2. The number of halogens is 1. The Morgan fingerprint density at radius 3 is 2.67 bits per heavy atom. The third-order valence-electron chi connectivity index (χ3n) is 2.37. The summed E-state index contributed by atoms with van der Waals surface area (Å²) in [5.74, 6) is -1.22. The Bertz CT molecular complexity index is 602. The van der Waals surface area contributed by atoms with E-state index in [4.69, 9.17) is 5.73 Å². The molecule has 1 aromatic carbocycles. The van der Waals surface area contributed by atoms with Gasteiger partial charge in [0.1, 0.15) is 17.3 Å². The van der Waals surface area contributed by atoms with Gasteiger partial charge in [-0.3, -0.25) is 4.98 Å². The number of hydrogen-bond donors (Lipinski definition) is 1. The molecule has 0 unspecified atom stereocenters. The molecule has 0 spiro atoms. The number of ether oxygens (including phenoxy) is 1. The molecule has 6 heteroatoms. The predicted octanol–water partition coefficient (Wildman–Crippen LogP) is 1.65. The zero-order valence-electron chi connectivity index (χ0n) is 9.55. The smallest absolute Gasteiger partial charge is 0.340 e. The lowest BCUT2D eigenvalue weighted by atomic mass is 10.1. The lowest BCUT2D eigenvalue weighted by molar-refractivity contribution is 0.0595. The Balaban J connectivity index is 2.47. The number of methoxy groups -OCH3 is 1. The molecule has 1 heterocycles. The van der Waals surface area contributed by atoms with E-state index in [1.165, 1.54) is 37.7 Å². The Morgan fingerprint density at radius 2 is 2.06 bits per heavy atom. The van der Waals surface area contributed by atoms with Crippen molar-refractivity contribution in [2.75, 3.05) is 12.8 Å². The van der Waals surface area contributed by atoms with E-state index >= 15 is 0 Å². The van der Waals surface area contributed by atoms with Crippen LogP contribution in [0.5, 0.6) is 0 Å². The van der Waals surface area contributed by atoms with Crippen molar-refractivity contribution in [1.29, 1.82) is 0 Å². The van der Waals surface area contributed by atoms with Gasteiger partial charge in [-0.25, -0.2) is 14.2 Å². The molecule has 2 aromatic rings. The summed E-state index contributed by atoms with van der Waals surface area (Å²) in [6.07, 6.45) is 2.90. The first-order valence-electron chi connectivity index (χ1n) is 5.08. The third-order valence-corrected chi connectivity index (χ3v) is 2.37. The lowest BCUT2D eigenvalue weighted by Crippen LogP contribution is -2.04. The molecule has 0 radical (unpaired) electrons. The summed E-state index contributed by atoms with van der Waals surface area (Å²) in [4.78, 5) is 19.1. The van der Waals surface area contributed by atoms with Gasteiger partial charge in [-0.2, -0.15) is 0 Å². The average Bonchev–Trinajstić information content (AvgIpc) is 2.38. The molecule has 0 aliphatic carbocycles. The van der Waals surface area contributed by atoms with Crippen molar-refractivity contribution >= 4 is 11.8 Å². The van der Waals surface area contributed by atoms with Gasteiger partial charge in [-0.15, -0.1) is 0 Å². The van der Waals surface area contributed by atoms with E-state index in [-0.39, 0.29) is 11.4 Å². The molecule has 0 saturated heterocycles. The van der Waals surface area contributed by atoms with Crippen molar-refractivity contribution < 1.29 is 13.9 Å². The Morgan fingerprint density at radius 1 is 1.33 bits per heavy atom. The highest BCUT2D eigenvalue weighted by molar-refractivity contribution is 5.90. The second-order valence-corrected chi connectivity index (χ2v) is 3.48. The number of carbonyl (C=O) groups is 1. The highest BCUT2D eigenvalue weighted by Gasteiger charge is 2.14. The fourth-order valence-electron chi connectivity index (χ4n) is 1.51. The minimum absolute atomic E-state index is 0.135. The molecule has 5 nitrogen and oxygen atoms in total. The zero-order chi connectivity index (χ0) is 13.1. The van der Waals surface area contributed by atoms with E-state index in [0.29, 0.717) is 11.3 Å². The van der Waals surface area contributed by atoms with Crippen LogP contribution in [0.1, 0.15) is 10.4 Å². The number of carbonyl (C=O) groups excluding carboxylic acids is 1. The average molecular weight is 247 g/mol. The van der Waals surface area contributed by atoms with Gasteiger partial charge in [0, 0.05) is 18.0 Å². The molecule has 0 fully saturated rings. The van der Waals surface area contributed by atoms with Gasteiger partial charge >= 0.3 is 5.97 Å². The van der Waals surface area contributed by atoms with Crippen LogP contribution in [0.4, 0.5) is 10.2 Å². The molecular formula is C12H10FN3O2. The number of anilines is 1. The number of nitrogens with zero attached hydrogens (tertiary/aromatic N) is 2. The molecule has 0 amide bonds. The van der Waals surface area contributed by atoms with Crippen LogP contribution >= 0.6 is 0 Å². The number of aromatic nitrogens is 2. The quantitative estimate of drug-likeness (QED) is 0.816. The first-order valence-corrected chi connectivity index (χ1v) is 5.08. The van der Waals surface area contributed by atoms with Crippen LogP contribution < -0.4 is 5.73 Å². The summed E-state index contributed by atoms with van der Waals surface area (Å²) >= 11 is 0. The van der Waals surface area contributed by atoms with Crippen molar-refractivity contribution in [3.63, 3.8) is 0 Å². The van der Waals surface area contributed by atoms with Crippen molar-refractivity contribution in [1.82, 2.24) is 9.97 Å². The summed E-state index contributed by atoms with van der Waals surface area (Å²) in [6, 6.07) is 4.03. The minimum atomic E-state index is -0.730. The van der Waals surface area contributed by atoms with Crippen molar-refractivity contribution in [3.05, 3.63) is 42.0 Å². The van der Waals surface area contributed by atoms with Gasteiger partial charge in [-0.05, 0) is 12.1 Å². The maximum atomic E-state index is 13.7. The van der Waals surface area contributed by atoms with Crippen molar-refractivity contribution in [2.45, 2.75) is 0 Å². The number of benzene rings is 1. The van der Waals surface area contributed by atoms with Gasteiger partial charge in [0.25, 0.3) is 0 Å². The molecule has 2 rings (SSSR count). The predicted molar refractivity (Wildman–Crippen MR) is 63.2 cm³/mol. The third kappa shape index (κ3) is 2.13. The normalized spacial score (nSPS) is 10.1. The van der Waals surface area contributed by atoms with E-state index < -0.39 is 11.8 Å². The van der Waals surface area contributed by atoms with Crippen LogP contribution in [0.15, 0.2) is 30.6 Å². The number of esters is 1. The largest absolute Gasteiger partial charge is 0.465 e. The molecule has 18 heavy (non-hydrogen) atoms. The molecule has 92 valence electrons. The summed E-state index contributed by atoms with van der Waals surface area (Å²) in [5, 5.41) is 0. The highest BCUT2D eigenvalue weighted by atomic mass is 19.1. The molecular weight excluding hydrogens is 237 g/mol. The molecule has 0 aliphatic heterocycles. The van der Waals surface area contributed by atoms with E-state index in [2.05, 4.69) is 14.7 Å². The monoisotopic (exact) mass is 247 g/mol. The van der Waals surface area contributed by atoms with E-state index in [1.807, 2.05) is 0 Å². The van der Waals surface area contributed by atoms with Gasteiger partial charge in [0.05, 0.1) is 12.7 Å². The van der Waals surface area contributed by atoms with Gasteiger partial charge in [-0.1, -0.05) is 6.07 Å². The van der Waals surface area contributed by atoms with E-state index in [9.17, 15) is 9.18 Å². The standard InChI is InChI=1S/C12H10FN3O2/c1-18-12(17)8-3-2-7(6-9(8)13)10-11(14)16-5-4-15-10/h2-6H,1H3,(H2,14,16). The second-order valence-electron chi connectivity index (χ2n) is 3.48. The van der Waals surface area contributed by atoms with E-state index in [1.54, 1.807) is 0 Å². The maximum Gasteiger partial charge on any atom is 0.340 e. The number of hydrogen-bond acceptors (Lipinski definition) is 5. The van der Waals surface area contributed by atoms with Crippen LogP contribution in [-0.4, -0.2) is 23.0 Å². The second kappa shape index (κ2) is 4.79. The minimum Gasteiger partial charge on any atom is -0.465 e. The zero-order valence-corrected chi connectivity index (χ0v) is 9.55. The van der Waals surface area contributed by atoms with Crippen molar-refractivity contribution in [3.8, 4) is 11.3 Å². The van der Waals surface area contributed by atoms with E-state index in [0.717, 1.165) is 0 Å². The fourth-order valence-corrected chi connectivity index (χ4v) is 1.51. The number of nitrogen functional groups attached to an aromatic ring is 1. The first-order chi connectivity index (χ1) is 8.63. The van der Waals surface area contributed by atoms with Crippen LogP contribution in [0, 0.1) is 5.82 Å². The first kappa shape index (κ1) is 12.0. The summed E-state index contributed by atoms with van der Waals surface area (Å²) in [7, 11) is 1.19. The Hall–Kier alpha value is -2.50. The van der Waals surface area contributed by atoms with Gasteiger partial charge < -0.3 is 10.5 Å². The van der Waals surface area contributed by atoms with Gasteiger partial charge in [0.2, 0.25) is 0 Å². The molecule has 0 atom stereocenters. The molecule has 0 saturated carbocycles. The fraction of sp³-hybridized carbons (Fsp3) is 0.0833. The molecule has 0 aliphatic rings. The van der Waals surface area contributed by atoms with Gasteiger partial charge in [0.15, 0.2) is 0 Å². The lowest BCUT2D eigenvalue weighted by Gasteiger charge is -2.05. The van der Waals surface area contributed by atoms with Crippen LogP contribution in [0.2, 0.25) is 0 Å². The van der Waals surface area contributed by atoms with Crippen LogP contribution in [0.3, 0.4) is 0 Å². The van der Waals surface area contributed by atoms with Crippen LogP contribution in [-0.2, 0) is 4.74 Å². The molecule has 1 aromatic heterocycles. The molecule has 2 N–H and O–H groups in total. The SMILES string of the molecule is COC(=O)c1ccc(-c2nccnc2N)cc1F. The highest BCUT2D eigenvalue weighted by Crippen LogP contribution is 2.23. The van der Waals surface area contributed by atoms with Crippen molar-refractivity contribution in [2.24, 2.45) is 0 Å². The maximum absolute atomic E-state index is 13.7. The Labute approximate surface area is 102 Å². The Kier molecular flexibility index (Phi) is 3.18. The number of nitrogens with two attached hydrogens (primary N) is 1. The summed E-state index contributed by atoms with van der Waals surface area (Å²) in [5.41, 5.74) is 6.32. The summed E-state index contributed by atoms with van der Waals surface area (Å²) < 4.78 is 18.2. The summed E-state index contributed by atoms with van der Waals surface area (Å²) in [6.45, 7) is 0.